The summed E-state index contributed by atoms with van der Waals surface area (Å²) in [7, 11) is 0. The molecule has 0 aliphatic rings. The van der Waals surface area contributed by atoms with Crippen LogP contribution in [0.2, 0.25) is 5.02 Å². The molecular weight excluding hydrogens is 246 g/mol. The van der Waals surface area contributed by atoms with E-state index >= 15 is 0 Å². The SMILES string of the molecule is Clc1ccccc1CNc1cccc2cn[nH]c12. The van der Waals surface area contributed by atoms with Gasteiger partial charge in [-0.15, -0.1) is 0 Å². The first-order valence-electron chi connectivity index (χ1n) is 5.74. The summed E-state index contributed by atoms with van der Waals surface area (Å²) in [4.78, 5) is 0. The molecule has 90 valence electrons. The minimum Gasteiger partial charge on any atom is -0.379 e. The summed E-state index contributed by atoms with van der Waals surface area (Å²) in [6.07, 6.45) is 1.82. The molecule has 0 radical (unpaired) electrons. The van der Waals surface area contributed by atoms with Crippen molar-refractivity contribution in [2.75, 3.05) is 5.32 Å². The molecule has 0 aliphatic carbocycles. The second-order valence-corrected chi connectivity index (χ2v) is 4.49. The van der Waals surface area contributed by atoms with E-state index < -0.39 is 0 Å². The molecule has 0 atom stereocenters. The topological polar surface area (TPSA) is 40.7 Å². The van der Waals surface area contributed by atoms with Crippen LogP contribution in [0.1, 0.15) is 5.56 Å². The first-order valence-corrected chi connectivity index (χ1v) is 6.12. The smallest absolute Gasteiger partial charge is 0.0881 e. The van der Waals surface area contributed by atoms with Gasteiger partial charge in [-0.25, -0.2) is 0 Å². The summed E-state index contributed by atoms with van der Waals surface area (Å²) < 4.78 is 0. The molecule has 0 bridgehead atoms. The zero-order valence-electron chi connectivity index (χ0n) is 9.65. The first kappa shape index (κ1) is 11.1. The van der Waals surface area contributed by atoms with Gasteiger partial charge in [0.15, 0.2) is 0 Å². The van der Waals surface area contributed by atoms with Crippen LogP contribution in [0.15, 0.2) is 48.7 Å². The molecule has 0 spiro atoms. The zero-order chi connectivity index (χ0) is 12.4. The first-order chi connectivity index (χ1) is 8.84. The van der Waals surface area contributed by atoms with Crippen molar-refractivity contribution in [3.8, 4) is 0 Å². The number of hydrogen-bond acceptors (Lipinski definition) is 2. The van der Waals surface area contributed by atoms with Crippen LogP contribution in [0.5, 0.6) is 0 Å². The van der Waals surface area contributed by atoms with Gasteiger partial charge in [-0.3, -0.25) is 5.10 Å². The van der Waals surface area contributed by atoms with Crippen LogP contribution < -0.4 is 5.32 Å². The number of nitrogens with zero attached hydrogens (tertiary/aromatic N) is 1. The molecule has 2 N–H and O–H groups in total. The monoisotopic (exact) mass is 257 g/mol. The fraction of sp³-hybridized carbons (Fsp3) is 0.0714. The third-order valence-electron chi connectivity index (χ3n) is 2.90. The number of aromatic nitrogens is 2. The summed E-state index contributed by atoms with van der Waals surface area (Å²) in [5.41, 5.74) is 3.13. The molecule has 2 aromatic carbocycles. The van der Waals surface area contributed by atoms with E-state index in [1.165, 1.54) is 0 Å². The maximum Gasteiger partial charge on any atom is 0.0881 e. The molecule has 0 saturated heterocycles. The van der Waals surface area contributed by atoms with Crippen molar-refractivity contribution in [3.63, 3.8) is 0 Å². The Balaban J connectivity index is 1.85. The Kier molecular flexibility index (Phi) is 2.90. The minimum atomic E-state index is 0.692. The Morgan fingerprint density at radius 1 is 1.11 bits per heavy atom. The summed E-state index contributed by atoms with van der Waals surface area (Å²) in [6.45, 7) is 0.692. The van der Waals surface area contributed by atoms with Crippen molar-refractivity contribution in [1.82, 2.24) is 10.2 Å². The highest BCUT2D eigenvalue weighted by atomic mass is 35.5. The van der Waals surface area contributed by atoms with Gasteiger partial charge >= 0.3 is 0 Å². The summed E-state index contributed by atoms with van der Waals surface area (Å²) in [5, 5.41) is 12.3. The summed E-state index contributed by atoms with van der Waals surface area (Å²) in [6, 6.07) is 13.9. The quantitative estimate of drug-likeness (QED) is 0.749. The number of hydrogen-bond donors (Lipinski definition) is 2. The van der Waals surface area contributed by atoms with Gasteiger partial charge in [0.2, 0.25) is 0 Å². The Labute approximate surface area is 110 Å². The number of aromatic amines is 1. The molecule has 0 unspecified atom stereocenters. The van der Waals surface area contributed by atoms with Crippen molar-refractivity contribution in [3.05, 3.63) is 59.2 Å². The van der Waals surface area contributed by atoms with Crippen LogP contribution >= 0.6 is 11.6 Å². The van der Waals surface area contributed by atoms with Crippen molar-refractivity contribution in [1.29, 1.82) is 0 Å². The number of nitrogens with one attached hydrogen (secondary N) is 2. The number of rotatable bonds is 3. The highest BCUT2D eigenvalue weighted by Gasteiger charge is 2.03. The largest absolute Gasteiger partial charge is 0.379 e. The van der Waals surface area contributed by atoms with Crippen LogP contribution in [-0.2, 0) is 6.54 Å². The number of benzene rings is 2. The van der Waals surface area contributed by atoms with E-state index in [1.54, 1.807) is 0 Å². The fourth-order valence-electron chi connectivity index (χ4n) is 1.95. The summed E-state index contributed by atoms with van der Waals surface area (Å²) >= 11 is 6.13. The Hall–Kier alpha value is -2.00. The van der Waals surface area contributed by atoms with Gasteiger partial charge in [0.05, 0.1) is 17.4 Å². The maximum atomic E-state index is 6.13. The molecule has 0 fully saturated rings. The van der Waals surface area contributed by atoms with Crippen LogP contribution in [0.3, 0.4) is 0 Å². The third-order valence-corrected chi connectivity index (χ3v) is 3.27. The molecule has 0 aliphatic heterocycles. The van der Waals surface area contributed by atoms with E-state index in [4.69, 9.17) is 11.6 Å². The predicted molar refractivity (Wildman–Crippen MR) is 74.9 cm³/mol. The lowest BCUT2D eigenvalue weighted by atomic mass is 10.2. The lowest BCUT2D eigenvalue weighted by molar-refractivity contribution is 1.11. The lowest BCUT2D eigenvalue weighted by Crippen LogP contribution is -2.00. The number of H-pyrrole nitrogens is 1. The predicted octanol–water partition coefficient (Wildman–Crippen LogP) is 3.83. The molecule has 3 aromatic rings. The lowest BCUT2D eigenvalue weighted by Gasteiger charge is -2.08. The molecule has 4 heteroatoms. The molecule has 3 rings (SSSR count). The second kappa shape index (κ2) is 4.70. The number of para-hydroxylation sites is 1. The third kappa shape index (κ3) is 2.05. The van der Waals surface area contributed by atoms with E-state index in [0.29, 0.717) is 6.54 Å². The van der Waals surface area contributed by atoms with Gasteiger partial charge in [0, 0.05) is 17.0 Å². The normalized spacial score (nSPS) is 10.7. The second-order valence-electron chi connectivity index (χ2n) is 4.08. The van der Waals surface area contributed by atoms with E-state index in [0.717, 1.165) is 27.2 Å². The van der Waals surface area contributed by atoms with Crippen molar-refractivity contribution < 1.29 is 0 Å². The molecule has 18 heavy (non-hydrogen) atoms. The average molecular weight is 258 g/mol. The molecular formula is C14H12ClN3. The van der Waals surface area contributed by atoms with Gasteiger partial charge in [0.1, 0.15) is 0 Å². The van der Waals surface area contributed by atoms with E-state index in [1.807, 2.05) is 48.7 Å². The van der Waals surface area contributed by atoms with E-state index in [9.17, 15) is 0 Å². The van der Waals surface area contributed by atoms with Gasteiger partial charge in [-0.05, 0) is 17.7 Å². The molecule has 1 aromatic heterocycles. The maximum absolute atomic E-state index is 6.13. The molecule has 3 nitrogen and oxygen atoms in total. The van der Waals surface area contributed by atoms with Gasteiger partial charge < -0.3 is 5.32 Å². The fourth-order valence-corrected chi connectivity index (χ4v) is 2.15. The zero-order valence-corrected chi connectivity index (χ0v) is 10.4. The number of anilines is 1. The van der Waals surface area contributed by atoms with Crippen LogP contribution in [0.25, 0.3) is 10.9 Å². The average Bonchev–Trinajstić information content (AvgIpc) is 2.86. The van der Waals surface area contributed by atoms with Gasteiger partial charge in [-0.1, -0.05) is 41.9 Å². The van der Waals surface area contributed by atoms with E-state index in [2.05, 4.69) is 15.5 Å². The molecule has 1 heterocycles. The van der Waals surface area contributed by atoms with Crippen LogP contribution in [0.4, 0.5) is 5.69 Å². The van der Waals surface area contributed by atoms with Crippen molar-refractivity contribution >= 4 is 28.2 Å². The van der Waals surface area contributed by atoms with Crippen molar-refractivity contribution in [2.45, 2.75) is 6.54 Å². The standard InChI is InChI=1S/C14H12ClN3/c15-12-6-2-1-4-10(12)8-16-13-7-3-5-11-9-17-18-14(11)13/h1-7,9,16H,8H2,(H,17,18). The highest BCUT2D eigenvalue weighted by molar-refractivity contribution is 6.31. The van der Waals surface area contributed by atoms with Gasteiger partial charge in [-0.2, -0.15) is 5.10 Å². The highest BCUT2D eigenvalue weighted by Crippen LogP contribution is 2.22. The van der Waals surface area contributed by atoms with Crippen molar-refractivity contribution in [2.24, 2.45) is 0 Å². The molecule has 0 saturated carbocycles. The van der Waals surface area contributed by atoms with Crippen LogP contribution in [-0.4, -0.2) is 10.2 Å². The Morgan fingerprint density at radius 3 is 2.89 bits per heavy atom. The minimum absolute atomic E-state index is 0.692. The van der Waals surface area contributed by atoms with Gasteiger partial charge in [0.25, 0.3) is 0 Å². The summed E-state index contributed by atoms with van der Waals surface area (Å²) in [5.74, 6) is 0. The molecule has 0 amide bonds. The Morgan fingerprint density at radius 2 is 2.00 bits per heavy atom. The van der Waals surface area contributed by atoms with Crippen LogP contribution in [0, 0.1) is 0 Å². The Bertz CT molecular complexity index is 675. The van der Waals surface area contributed by atoms with E-state index in [-0.39, 0.29) is 0 Å². The number of halogens is 1. The number of fused-ring (bicyclic) bond motifs is 1.